The van der Waals surface area contributed by atoms with Crippen LogP contribution in [0.3, 0.4) is 0 Å². The molecular weight excluding hydrogens is 389 g/mol. The molecule has 0 atom stereocenters. The van der Waals surface area contributed by atoms with Crippen LogP contribution in [0.4, 0.5) is 4.39 Å². The number of piperidine rings is 1. The van der Waals surface area contributed by atoms with Crippen LogP contribution in [0.1, 0.15) is 30.4 Å². The van der Waals surface area contributed by atoms with E-state index in [0.717, 1.165) is 31.7 Å². The number of ether oxygens (including phenoxy) is 3. The number of rotatable bonds is 7. The Balaban J connectivity index is 1.42. The third-order valence-corrected chi connectivity index (χ3v) is 6.16. The summed E-state index contributed by atoms with van der Waals surface area (Å²) in [4.78, 5) is 13.0. The molecule has 2 aromatic carbocycles. The molecule has 1 saturated heterocycles. The van der Waals surface area contributed by atoms with E-state index in [0.29, 0.717) is 30.2 Å². The van der Waals surface area contributed by atoms with Crippen molar-refractivity contribution in [2.75, 3.05) is 33.4 Å². The first-order valence-electron chi connectivity index (χ1n) is 10.2. The molecular formula is C23H26FNO5. The van der Waals surface area contributed by atoms with E-state index in [1.165, 1.54) is 18.7 Å². The van der Waals surface area contributed by atoms with Gasteiger partial charge >= 0.3 is 5.97 Å². The summed E-state index contributed by atoms with van der Waals surface area (Å²) in [5, 5.41) is 8.88. The number of carboxylic acid groups (broad SMARTS) is 1. The molecule has 1 fully saturated rings. The highest BCUT2D eigenvalue weighted by Gasteiger charge is 2.43. The summed E-state index contributed by atoms with van der Waals surface area (Å²) in [7, 11) is 1.51. The molecule has 7 heteroatoms. The van der Waals surface area contributed by atoms with E-state index >= 15 is 0 Å². The summed E-state index contributed by atoms with van der Waals surface area (Å²) in [6, 6.07) is 10.5. The second-order valence-corrected chi connectivity index (χ2v) is 7.92. The van der Waals surface area contributed by atoms with Crippen LogP contribution >= 0.6 is 0 Å². The lowest BCUT2D eigenvalue weighted by molar-refractivity contribution is -0.137. The molecule has 0 radical (unpaired) electrons. The first-order valence-corrected chi connectivity index (χ1v) is 10.2. The molecule has 1 spiro atoms. The Hall–Kier alpha value is -2.80. The number of methoxy groups -OCH3 is 1. The van der Waals surface area contributed by atoms with Gasteiger partial charge in [0.15, 0.2) is 0 Å². The molecule has 0 unspecified atom stereocenters. The maximum Gasteiger partial charge on any atom is 0.304 e. The predicted molar refractivity (Wildman–Crippen MR) is 109 cm³/mol. The van der Waals surface area contributed by atoms with Crippen molar-refractivity contribution in [2.45, 2.75) is 31.3 Å². The summed E-state index contributed by atoms with van der Waals surface area (Å²) in [6.45, 7) is 3.01. The minimum atomic E-state index is -0.759. The number of benzene rings is 2. The lowest BCUT2D eigenvalue weighted by Crippen LogP contribution is -2.44. The van der Waals surface area contributed by atoms with E-state index < -0.39 is 5.97 Å². The molecule has 1 N–H and O–H groups in total. The third kappa shape index (κ3) is 4.07. The Labute approximate surface area is 175 Å². The first-order chi connectivity index (χ1) is 14.5. The van der Waals surface area contributed by atoms with Gasteiger partial charge in [-0.3, -0.25) is 4.79 Å². The zero-order valence-electron chi connectivity index (χ0n) is 17.0. The third-order valence-electron chi connectivity index (χ3n) is 6.16. The van der Waals surface area contributed by atoms with E-state index in [2.05, 4.69) is 4.90 Å². The van der Waals surface area contributed by atoms with E-state index in [-0.39, 0.29) is 24.3 Å². The van der Waals surface area contributed by atoms with Crippen LogP contribution in [-0.4, -0.2) is 49.3 Å². The zero-order chi connectivity index (χ0) is 21.1. The zero-order valence-corrected chi connectivity index (χ0v) is 17.0. The highest BCUT2D eigenvalue weighted by molar-refractivity contribution is 5.66. The molecule has 6 nitrogen and oxygen atoms in total. The number of aliphatic carboxylic acids is 1. The number of carboxylic acids is 1. The number of hydrogen-bond donors (Lipinski definition) is 1. The van der Waals surface area contributed by atoms with Gasteiger partial charge in [0.2, 0.25) is 0 Å². The Kier molecular flexibility index (Phi) is 5.81. The van der Waals surface area contributed by atoms with Gasteiger partial charge in [-0.2, -0.15) is 0 Å². The fraction of sp³-hybridized carbons (Fsp3) is 0.435. The second-order valence-electron chi connectivity index (χ2n) is 7.92. The van der Waals surface area contributed by atoms with Crippen LogP contribution in [0.2, 0.25) is 0 Å². The standard InChI is InChI=1S/C23H26FNO5/c1-28-20-4-2-3-19(24)17(20)14-29-16-5-6-18-21(13-16)30-15-23(18)8-11-25(12-9-23)10-7-22(26)27/h2-6,13H,7-12,14-15H2,1H3,(H,26,27). The maximum atomic E-state index is 14.1. The Bertz CT molecular complexity index is 924. The largest absolute Gasteiger partial charge is 0.496 e. The summed E-state index contributed by atoms with van der Waals surface area (Å²) in [6.07, 6.45) is 2.05. The van der Waals surface area contributed by atoms with Crippen molar-refractivity contribution in [3.63, 3.8) is 0 Å². The summed E-state index contributed by atoms with van der Waals surface area (Å²) < 4.78 is 31.1. The van der Waals surface area contributed by atoms with Crippen molar-refractivity contribution >= 4 is 5.97 Å². The molecule has 0 saturated carbocycles. The lowest BCUT2D eigenvalue weighted by atomic mass is 9.74. The minimum absolute atomic E-state index is 0.0255. The van der Waals surface area contributed by atoms with Crippen molar-refractivity contribution < 1.29 is 28.5 Å². The molecule has 0 bridgehead atoms. The summed E-state index contributed by atoms with van der Waals surface area (Å²) >= 11 is 0. The van der Waals surface area contributed by atoms with E-state index in [1.54, 1.807) is 12.1 Å². The minimum Gasteiger partial charge on any atom is -0.496 e. The molecule has 2 aliphatic heterocycles. The van der Waals surface area contributed by atoms with Crippen molar-refractivity contribution in [3.8, 4) is 17.2 Å². The van der Waals surface area contributed by atoms with E-state index in [9.17, 15) is 9.18 Å². The van der Waals surface area contributed by atoms with Gasteiger partial charge in [0.25, 0.3) is 0 Å². The molecule has 160 valence electrons. The highest BCUT2D eigenvalue weighted by atomic mass is 19.1. The van der Waals surface area contributed by atoms with E-state index in [1.807, 2.05) is 18.2 Å². The van der Waals surface area contributed by atoms with Crippen LogP contribution in [0.25, 0.3) is 0 Å². The highest BCUT2D eigenvalue weighted by Crippen LogP contribution is 2.46. The van der Waals surface area contributed by atoms with Crippen LogP contribution < -0.4 is 14.2 Å². The average molecular weight is 415 g/mol. The fourth-order valence-electron chi connectivity index (χ4n) is 4.34. The number of fused-ring (bicyclic) bond motifs is 2. The topological polar surface area (TPSA) is 68.2 Å². The Morgan fingerprint density at radius 2 is 2.07 bits per heavy atom. The quantitative estimate of drug-likeness (QED) is 0.745. The van der Waals surface area contributed by atoms with Gasteiger partial charge in [-0.25, -0.2) is 4.39 Å². The molecule has 0 aliphatic carbocycles. The van der Waals surface area contributed by atoms with Crippen molar-refractivity contribution in [1.29, 1.82) is 0 Å². The Morgan fingerprint density at radius 1 is 1.27 bits per heavy atom. The van der Waals surface area contributed by atoms with Gasteiger partial charge in [-0.05, 0) is 44.1 Å². The van der Waals surface area contributed by atoms with Crippen LogP contribution in [0, 0.1) is 5.82 Å². The van der Waals surface area contributed by atoms with Crippen molar-refractivity contribution in [2.24, 2.45) is 0 Å². The van der Waals surface area contributed by atoms with Gasteiger partial charge in [-0.1, -0.05) is 12.1 Å². The number of nitrogens with zero attached hydrogens (tertiary/aromatic N) is 1. The van der Waals surface area contributed by atoms with Gasteiger partial charge in [-0.15, -0.1) is 0 Å². The normalized spacial score (nSPS) is 17.4. The molecule has 2 aromatic rings. The van der Waals surface area contributed by atoms with Gasteiger partial charge in [0.1, 0.15) is 29.7 Å². The number of likely N-dealkylation sites (tertiary alicyclic amines) is 1. The molecule has 0 aromatic heterocycles. The second kappa shape index (κ2) is 8.52. The predicted octanol–water partition coefficient (Wildman–Crippen LogP) is 3.61. The molecule has 2 heterocycles. The van der Waals surface area contributed by atoms with Crippen molar-refractivity contribution in [1.82, 2.24) is 4.90 Å². The average Bonchev–Trinajstić information content (AvgIpc) is 3.09. The monoisotopic (exact) mass is 415 g/mol. The fourth-order valence-corrected chi connectivity index (χ4v) is 4.34. The van der Waals surface area contributed by atoms with Gasteiger partial charge in [0.05, 0.1) is 25.7 Å². The molecule has 2 aliphatic rings. The van der Waals surface area contributed by atoms with E-state index in [4.69, 9.17) is 19.3 Å². The molecule has 30 heavy (non-hydrogen) atoms. The number of hydrogen-bond acceptors (Lipinski definition) is 5. The number of halogens is 1. The summed E-state index contributed by atoms with van der Waals surface area (Å²) in [5.74, 6) is 0.772. The smallest absolute Gasteiger partial charge is 0.304 e. The Morgan fingerprint density at radius 3 is 2.80 bits per heavy atom. The first kappa shape index (κ1) is 20.5. The maximum absolute atomic E-state index is 14.1. The van der Waals surface area contributed by atoms with Crippen molar-refractivity contribution in [3.05, 3.63) is 53.3 Å². The lowest BCUT2D eigenvalue weighted by Gasteiger charge is -2.38. The number of carbonyl (C=O) groups is 1. The SMILES string of the molecule is COc1cccc(F)c1COc1ccc2c(c1)OCC21CCN(CCC(=O)O)CC1. The van der Waals surface area contributed by atoms with Crippen LogP contribution in [-0.2, 0) is 16.8 Å². The summed E-state index contributed by atoms with van der Waals surface area (Å²) in [5.41, 5.74) is 1.53. The van der Waals surface area contributed by atoms with Gasteiger partial charge in [0, 0.05) is 23.6 Å². The molecule has 0 amide bonds. The van der Waals surface area contributed by atoms with Gasteiger partial charge < -0.3 is 24.2 Å². The van der Waals surface area contributed by atoms with Crippen LogP contribution in [0.15, 0.2) is 36.4 Å². The van der Waals surface area contributed by atoms with Crippen LogP contribution in [0.5, 0.6) is 17.2 Å². The molecule has 4 rings (SSSR count).